The van der Waals surface area contributed by atoms with E-state index < -0.39 is 0 Å². The summed E-state index contributed by atoms with van der Waals surface area (Å²) >= 11 is 0. The summed E-state index contributed by atoms with van der Waals surface area (Å²) in [6, 6.07) is 13.2. The topological polar surface area (TPSA) is 89.1 Å². The Morgan fingerprint density at radius 2 is 2.04 bits per heavy atom. The molecule has 25 heavy (non-hydrogen) atoms. The predicted molar refractivity (Wildman–Crippen MR) is 99.6 cm³/mol. The van der Waals surface area contributed by atoms with Gasteiger partial charge in [0.05, 0.1) is 24.2 Å². The zero-order chi connectivity index (χ0) is 17.8. The number of anilines is 1. The van der Waals surface area contributed by atoms with Gasteiger partial charge in [-0.25, -0.2) is 5.43 Å². The molecule has 3 N–H and O–H groups in total. The number of hydrazone groups is 1. The molecule has 1 amide bonds. The Morgan fingerprint density at radius 3 is 2.68 bits per heavy atom. The van der Waals surface area contributed by atoms with Gasteiger partial charge in [0.15, 0.2) is 0 Å². The molecule has 6 heteroatoms. The molecule has 0 saturated heterocycles. The van der Waals surface area contributed by atoms with Crippen LogP contribution in [-0.2, 0) is 4.79 Å². The second kappa shape index (κ2) is 7.17. The highest BCUT2D eigenvalue weighted by Gasteiger charge is 2.21. The van der Waals surface area contributed by atoms with Crippen LogP contribution < -0.4 is 15.9 Å². The van der Waals surface area contributed by atoms with Crippen molar-refractivity contribution in [2.75, 3.05) is 12.8 Å². The molecule has 6 nitrogen and oxygen atoms in total. The van der Waals surface area contributed by atoms with Crippen molar-refractivity contribution < 1.29 is 9.53 Å². The molecular weight excluding hydrogens is 316 g/mol. The first-order valence-electron chi connectivity index (χ1n) is 8.01. The van der Waals surface area contributed by atoms with Crippen LogP contribution in [0.4, 0.5) is 11.4 Å². The van der Waals surface area contributed by atoms with Gasteiger partial charge in [0.1, 0.15) is 5.75 Å². The SMILES string of the molecule is COc1ccc(/C=N/c2ccc(C3=NNC(=O)CC3C)cc2N)cc1. The van der Waals surface area contributed by atoms with Gasteiger partial charge in [0.2, 0.25) is 5.91 Å². The molecule has 1 atom stereocenters. The second-order valence-electron chi connectivity index (χ2n) is 5.94. The second-order valence-corrected chi connectivity index (χ2v) is 5.94. The molecule has 0 spiro atoms. The number of amides is 1. The number of ether oxygens (including phenoxy) is 1. The van der Waals surface area contributed by atoms with Crippen molar-refractivity contribution in [3.05, 3.63) is 53.6 Å². The largest absolute Gasteiger partial charge is 0.497 e. The van der Waals surface area contributed by atoms with Gasteiger partial charge in [-0.2, -0.15) is 5.10 Å². The highest BCUT2D eigenvalue weighted by Crippen LogP contribution is 2.26. The van der Waals surface area contributed by atoms with E-state index in [2.05, 4.69) is 15.5 Å². The van der Waals surface area contributed by atoms with Gasteiger partial charge in [0.25, 0.3) is 0 Å². The first kappa shape index (κ1) is 16.7. The quantitative estimate of drug-likeness (QED) is 0.664. The number of nitrogens with two attached hydrogens (primary N) is 1. The fourth-order valence-electron chi connectivity index (χ4n) is 2.67. The molecule has 0 saturated carbocycles. The Bertz CT molecular complexity index is 841. The zero-order valence-corrected chi connectivity index (χ0v) is 14.2. The summed E-state index contributed by atoms with van der Waals surface area (Å²) in [5.74, 6) is 0.794. The monoisotopic (exact) mass is 336 g/mol. The number of rotatable bonds is 4. The van der Waals surface area contributed by atoms with Gasteiger partial charge < -0.3 is 10.5 Å². The maximum Gasteiger partial charge on any atom is 0.240 e. The highest BCUT2D eigenvalue weighted by atomic mass is 16.5. The Balaban J connectivity index is 1.80. The Kier molecular flexibility index (Phi) is 4.79. The van der Waals surface area contributed by atoms with Crippen LogP contribution in [0.25, 0.3) is 0 Å². The lowest BCUT2D eigenvalue weighted by atomic mass is 9.93. The number of nitrogen functional groups attached to an aromatic ring is 1. The lowest BCUT2D eigenvalue weighted by molar-refractivity contribution is -0.121. The number of methoxy groups -OCH3 is 1. The number of carbonyl (C=O) groups excluding carboxylic acids is 1. The third-order valence-corrected chi connectivity index (χ3v) is 4.05. The third kappa shape index (κ3) is 3.85. The number of hydrogen-bond acceptors (Lipinski definition) is 5. The molecule has 2 aromatic carbocycles. The van der Waals surface area contributed by atoms with Crippen molar-refractivity contribution in [1.82, 2.24) is 5.43 Å². The predicted octanol–water partition coefficient (Wildman–Crippen LogP) is 2.89. The van der Waals surface area contributed by atoms with Crippen LogP contribution in [0, 0.1) is 5.92 Å². The van der Waals surface area contributed by atoms with Crippen LogP contribution in [0.3, 0.4) is 0 Å². The van der Waals surface area contributed by atoms with Crippen molar-refractivity contribution in [3.63, 3.8) is 0 Å². The Morgan fingerprint density at radius 1 is 1.28 bits per heavy atom. The lowest BCUT2D eigenvalue weighted by Gasteiger charge is -2.19. The smallest absolute Gasteiger partial charge is 0.240 e. The van der Waals surface area contributed by atoms with E-state index in [1.165, 1.54) is 0 Å². The molecule has 0 aromatic heterocycles. The van der Waals surface area contributed by atoms with Crippen LogP contribution in [0.5, 0.6) is 5.75 Å². The van der Waals surface area contributed by atoms with Gasteiger partial charge >= 0.3 is 0 Å². The van der Waals surface area contributed by atoms with Crippen LogP contribution in [0.2, 0.25) is 0 Å². The number of nitrogens with zero attached hydrogens (tertiary/aromatic N) is 2. The van der Waals surface area contributed by atoms with E-state index in [9.17, 15) is 4.79 Å². The maximum atomic E-state index is 11.4. The number of benzene rings is 2. The van der Waals surface area contributed by atoms with Crippen molar-refractivity contribution in [2.45, 2.75) is 13.3 Å². The summed E-state index contributed by atoms with van der Waals surface area (Å²) in [6.07, 6.45) is 2.18. The van der Waals surface area contributed by atoms with Gasteiger partial charge in [-0.1, -0.05) is 13.0 Å². The number of carbonyl (C=O) groups is 1. The van der Waals surface area contributed by atoms with Crippen molar-refractivity contribution in [3.8, 4) is 5.75 Å². The molecular formula is C19H20N4O2. The minimum Gasteiger partial charge on any atom is -0.497 e. The number of hydrogen-bond donors (Lipinski definition) is 2. The standard InChI is InChI=1S/C19H20N4O2/c1-12-9-18(24)22-23-19(12)14-5-8-17(16(20)10-14)21-11-13-3-6-15(25-2)7-4-13/h3-8,10-12H,9,20H2,1-2H3,(H,22,24)/b21-11+. The van der Waals surface area contributed by atoms with Crippen molar-refractivity contribution in [1.29, 1.82) is 0 Å². The van der Waals surface area contributed by atoms with E-state index in [0.29, 0.717) is 17.8 Å². The first-order chi connectivity index (χ1) is 12.1. The van der Waals surface area contributed by atoms with E-state index in [1.807, 2.05) is 49.4 Å². The molecule has 2 aromatic rings. The van der Waals surface area contributed by atoms with E-state index in [1.54, 1.807) is 13.3 Å². The molecule has 1 unspecified atom stereocenters. The molecule has 0 radical (unpaired) electrons. The fourth-order valence-corrected chi connectivity index (χ4v) is 2.67. The van der Waals surface area contributed by atoms with E-state index >= 15 is 0 Å². The summed E-state index contributed by atoms with van der Waals surface area (Å²) in [4.78, 5) is 15.8. The summed E-state index contributed by atoms with van der Waals surface area (Å²) in [7, 11) is 1.63. The molecule has 128 valence electrons. The molecule has 1 heterocycles. The summed E-state index contributed by atoms with van der Waals surface area (Å²) in [6.45, 7) is 1.98. The van der Waals surface area contributed by atoms with E-state index in [4.69, 9.17) is 10.5 Å². The molecule has 3 rings (SSSR count). The van der Waals surface area contributed by atoms with E-state index in [-0.39, 0.29) is 11.8 Å². The Labute approximate surface area is 146 Å². The minimum atomic E-state index is -0.0649. The number of nitrogens with one attached hydrogen (secondary N) is 1. The highest BCUT2D eigenvalue weighted by molar-refractivity contribution is 6.06. The van der Waals surface area contributed by atoms with Crippen LogP contribution in [0.15, 0.2) is 52.6 Å². The third-order valence-electron chi connectivity index (χ3n) is 4.05. The summed E-state index contributed by atoms with van der Waals surface area (Å²) in [5.41, 5.74) is 12.6. The summed E-state index contributed by atoms with van der Waals surface area (Å²) < 4.78 is 5.14. The molecule has 1 aliphatic heterocycles. The Hall–Kier alpha value is -3.15. The number of aliphatic imine (C=N–C) groups is 1. The van der Waals surface area contributed by atoms with Gasteiger partial charge in [-0.05, 0) is 42.0 Å². The van der Waals surface area contributed by atoms with Gasteiger partial charge in [-0.15, -0.1) is 0 Å². The van der Waals surface area contributed by atoms with Gasteiger partial charge in [-0.3, -0.25) is 9.79 Å². The normalized spacial score (nSPS) is 17.3. The zero-order valence-electron chi connectivity index (χ0n) is 14.2. The van der Waals surface area contributed by atoms with Crippen LogP contribution in [-0.4, -0.2) is 24.9 Å². The lowest BCUT2D eigenvalue weighted by Crippen LogP contribution is -2.31. The average Bonchev–Trinajstić information content (AvgIpc) is 2.61. The van der Waals surface area contributed by atoms with Crippen molar-refractivity contribution in [2.24, 2.45) is 16.0 Å². The fraction of sp³-hybridized carbons (Fsp3) is 0.211. The summed E-state index contributed by atoms with van der Waals surface area (Å²) in [5, 5.41) is 4.15. The van der Waals surface area contributed by atoms with Crippen LogP contribution >= 0.6 is 0 Å². The maximum absolute atomic E-state index is 11.4. The van der Waals surface area contributed by atoms with Gasteiger partial charge in [0, 0.05) is 24.1 Å². The molecule has 1 aliphatic rings. The van der Waals surface area contributed by atoms with E-state index in [0.717, 1.165) is 22.6 Å². The minimum absolute atomic E-state index is 0.0572. The molecule has 0 fully saturated rings. The van der Waals surface area contributed by atoms with Crippen molar-refractivity contribution >= 4 is 29.2 Å². The molecule has 0 bridgehead atoms. The van der Waals surface area contributed by atoms with Crippen LogP contribution in [0.1, 0.15) is 24.5 Å². The first-order valence-corrected chi connectivity index (χ1v) is 8.01. The average molecular weight is 336 g/mol. The molecule has 0 aliphatic carbocycles.